The van der Waals surface area contributed by atoms with Crippen LogP contribution in [0.2, 0.25) is 5.32 Å². The summed E-state index contributed by atoms with van der Waals surface area (Å²) in [7, 11) is 3.26. The van der Waals surface area contributed by atoms with Crippen molar-refractivity contribution in [2.75, 3.05) is 27.6 Å². The standard InChI is InChI=1S/C25H32O6Se/c1-25(2)21(16-32-19-13-9-6-10-14-19)31-20(22(23(25)28-4)30-17-27-3)15-29-24(26)18-11-7-5-8-12-18/h5-14,20-23H,15-17H2,1-4H3/t20-,21-,22+,23-/m1/s1. The van der Waals surface area contributed by atoms with Gasteiger partial charge in [0.15, 0.2) is 0 Å². The van der Waals surface area contributed by atoms with Gasteiger partial charge in [0.25, 0.3) is 0 Å². The first kappa shape index (κ1) is 24.9. The second kappa shape index (κ2) is 11.9. The molecular weight excluding hydrogens is 475 g/mol. The molecule has 0 amide bonds. The van der Waals surface area contributed by atoms with E-state index in [2.05, 4.69) is 38.1 Å². The maximum atomic E-state index is 12.5. The van der Waals surface area contributed by atoms with Crippen molar-refractivity contribution in [2.24, 2.45) is 5.41 Å². The van der Waals surface area contributed by atoms with Crippen LogP contribution in [0.1, 0.15) is 24.2 Å². The van der Waals surface area contributed by atoms with Crippen molar-refractivity contribution in [1.29, 1.82) is 0 Å². The monoisotopic (exact) mass is 508 g/mol. The zero-order valence-corrected chi connectivity index (χ0v) is 20.8. The van der Waals surface area contributed by atoms with Gasteiger partial charge in [0, 0.05) is 0 Å². The molecule has 0 saturated carbocycles. The summed E-state index contributed by atoms with van der Waals surface area (Å²) in [5.41, 5.74) is 0.203. The number of hydrogen-bond acceptors (Lipinski definition) is 6. The van der Waals surface area contributed by atoms with Gasteiger partial charge in [-0.05, 0) is 0 Å². The van der Waals surface area contributed by atoms with E-state index in [4.69, 9.17) is 23.7 Å². The van der Waals surface area contributed by atoms with Gasteiger partial charge in [0.2, 0.25) is 0 Å². The number of methoxy groups -OCH3 is 2. The first-order valence-corrected chi connectivity index (χ1v) is 12.7. The van der Waals surface area contributed by atoms with Gasteiger partial charge in [-0.3, -0.25) is 0 Å². The molecule has 2 aromatic carbocycles. The first-order valence-electron chi connectivity index (χ1n) is 10.7. The maximum absolute atomic E-state index is 12.5. The summed E-state index contributed by atoms with van der Waals surface area (Å²) in [4.78, 5) is 12.5. The van der Waals surface area contributed by atoms with Gasteiger partial charge < -0.3 is 0 Å². The molecule has 4 atom stereocenters. The third-order valence-electron chi connectivity index (χ3n) is 5.73. The molecule has 0 spiro atoms. The molecule has 0 unspecified atom stereocenters. The average Bonchev–Trinajstić information content (AvgIpc) is 2.81. The van der Waals surface area contributed by atoms with Crippen molar-refractivity contribution in [1.82, 2.24) is 0 Å². The van der Waals surface area contributed by atoms with E-state index in [0.717, 1.165) is 5.32 Å². The number of carbonyl (C=O) groups is 1. The molecule has 174 valence electrons. The van der Waals surface area contributed by atoms with Crippen LogP contribution >= 0.6 is 0 Å². The molecule has 0 bridgehead atoms. The van der Waals surface area contributed by atoms with Crippen LogP contribution in [0.15, 0.2) is 60.7 Å². The van der Waals surface area contributed by atoms with E-state index in [1.54, 1.807) is 26.4 Å². The van der Waals surface area contributed by atoms with E-state index in [1.807, 2.05) is 24.3 Å². The molecule has 0 aliphatic carbocycles. The van der Waals surface area contributed by atoms with Crippen LogP contribution in [-0.2, 0) is 23.7 Å². The minimum absolute atomic E-state index is 0.0736. The van der Waals surface area contributed by atoms with Gasteiger partial charge in [0.1, 0.15) is 0 Å². The van der Waals surface area contributed by atoms with Crippen molar-refractivity contribution in [3.05, 3.63) is 66.2 Å². The fourth-order valence-corrected chi connectivity index (χ4v) is 6.46. The molecule has 1 aliphatic rings. The Morgan fingerprint density at radius 1 is 1.03 bits per heavy atom. The van der Waals surface area contributed by atoms with Crippen LogP contribution in [0.25, 0.3) is 0 Å². The summed E-state index contributed by atoms with van der Waals surface area (Å²) < 4.78 is 30.5. The van der Waals surface area contributed by atoms with Gasteiger partial charge in [-0.15, -0.1) is 0 Å². The van der Waals surface area contributed by atoms with Crippen molar-refractivity contribution in [3.8, 4) is 0 Å². The summed E-state index contributed by atoms with van der Waals surface area (Å²) in [5, 5.41) is 0.879. The van der Waals surface area contributed by atoms with Gasteiger partial charge in [-0.25, -0.2) is 0 Å². The normalized spacial score (nSPS) is 24.8. The molecule has 1 fully saturated rings. The second-order valence-corrected chi connectivity index (χ2v) is 10.6. The molecule has 1 heterocycles. The minimum atomic E-state index is -0.465. The number of carbonyl (C=O) groups excluding carboxylic acids is 1. The Labute approximate surface area is 196 Å². The number of rotatable bonds is 10. The van der Waals surface area contributed by atoms with Crippen molar-refractivity contribution >= 4 is 25.4 Å². The summed E-state index contributed by atoms with van der Waals surface area (Å²) in [6, 6.07) is 19.4. The second-order valence-electron chi connectivity index (χ2n) is 8.27. The van der Waals surface area contributed by atoms with Crippen LogP contribution in [-0.4, -0.2) is 73.0 Å². The Bertz CT molecular complexity index is 829. The van der Waals surface area contributed by atoms with E-state index in [9.17, 15) is 4.79 Å². The molecule has 7 heteroatoms. The molecular formula is C25H32O6Se. The van der Waals surface area contributed by atoms with Gasteiger partial charge in [-0.1, -0.05) is 0 Å². The van der Waals surface area contributed by atoms with Gasteiger partial charge in [0.05, 0.1) is 0 Å². The van der Waals surface area contributed by atoms with E-state index in [-0.39, 0.29) is 51.9 Å². The molecule has 0 N–H and O–H groups in total. The van der Waals surface area contributed by atoms with E-state index in [0.29, 0.717) is 5.56 Å². The van der Waals surface area contributed by atoms with Crippen molar-refractivity contribution in [2.45, 2.75) is 43.6 Å². The number of ether oxygens (including phenoxy) is 5. The van der Waals surface area contributed by atoms with Crippen molar-refractivity contribution in [3.63, 3.8) is 0 Å². The molecule has 0 aromatic heterocycles. The summed E-state index contributed by atoms with van der Waals surface area (Å²) in [5.74, 6) is -0.386. The number of benzene rings is 2. The SMILES string of the molecule is COCO[C@@H]1[C@@H](OC)C(C)(C)[C@@H](C[Se]c2ccccc2)O[C@@H]1COC(=O)c1ccccc1. The molecule has 32 heavy (non-hydrogen) atoms. The predicted molar refractivity (Wildman–Crippen MR) is 123 cm³/mol. The van der Waals surface area contributed by atoms with Gasteiger partial charge in [-0.2, -0.15) is 0 Å². The molecule has 1 aliphatic heterocycles. The molecule has 6 nitrogen and oxygen atoms in total. The molecule has 2 aromatic rings. The number of hydrogen-bond donors (Lipinski definition) is 0. The molecule has 0 radical (unpaired) electrons. The van der Waals surface area contributed by atoms with Gasteiger partial charge >= 0.3 is 197 Å². The van der Waals surface area contributed by atoms with Crippen LogP contribution in [0.4, 0.5) is 0 Å². The van der Waals surface area contributed by atoms with Crippen molar-refractivity contribution < 1.29 is 28.5 Å². The van der Waals surface area contributed by atoms with Crippen LogP contribution < -0.4 is 4.46 Å². The Balaban J connectivity index is 1.75. The van der Waals surface area contributed by atoms with E-state index >= 15 is 0 Å². The Hall–Kier alpha value is -1.73. The fraction of sp³-hybridized carbons (Fsp3) is 0.480. The number of esters is 1. The zero-order chi connectivity index (χ0) is 23.0. The molecule has 3 rings (SSSR count). The fourth-order valence-electron chi connectivity index (χ4n) is 3.94. The topological polar surface area (TPSA) is 63.2 Å². The quantitative estimate of drug-likeness (QED) is 0.280. The van der Waals surface area contributed by atoms with E-state index < -0.39 is 12.2 Å². The zero-order valence-electron chi connectivity index (χ0n) is 19.1. The average molecular weight is 507 g/mol. The first-order chi connectivity index (χ1) is 15.5. The summed E-state index contributed by atoms with van der Waals surface area (Å²) >= 11 is 0.243. The Kier molecular flexibility index (Phi) is 9.29. The third kappa shape index (κ3) is 6.19. The summed E-state index contributed by atoms with van der Waals surface area (Å²) in [6.07, 6.45) is -1.22. The van der Waals surface area contributed by atoms with Crippen LogP contribution in [0.3, 0.4) is 0 Å². The Morgan fingerprint density at radius 2 is 1.69 bits per heavy atom. The predicted octanol–water partition coefficient (Wildman–Crippen LogP) is 3.09. The van der Waals surface area contributed by atoms with E-state index in [1.165, 1.54) is 4.46 Å². The Morgan fingerprint density at radius 3 is 2.31 bits per heavy atom. The van der Waals surface area contributed by atoms with Crippen LogP contribution in [0.5, 0.6) is 0 Å². The molecule has 1 saturated heterocycles. The summed E-state index contributed by atoms with van der Waals surface area (Å²) in [6.45, 7) is 4.46. The van der Waals surface area contributed by atoms with Crippen LogP contribution in [0, 0.1) is 5.41 Å². The third-order valence-corrected chi connectivity index (χ3v) is 7.99.